The molecule has 4 rings (SSSR count). The molecule has 9 heteroatoms. The minimum atomic E-state index is -0.889. The third-order valence-corrected chi connectivity index (χ3v) is 5.91. The molecule has 32 heavy (non-hydrogen) atoms. The highest BCUT2D eigenvalue weighted by Crippen LogP contribution is 2.23. The number of benzene rings is 2. The molecule has 1 aromatic heterocycles. The second-order valence-corrected chi connectivity index (χ2v) is 8.11. The molecule has 0 unspecified atom stereocenters. The zero-order valence-electron chi connectivity index (χ0n) is 17.5. The highest BCUT2D eigenvalue weighted by molar-refractivity contribution is 6.33. The van der Waals surface area contributed by atoms with Gasteiger partial charge in [-0.2, -0.15) is 9.78 Å². The van der Waals surface area contributed by atoms with Crippen molar-refractivity contribution in [2.24, 2.45) is 0 Å². The summed E-state index contributed by atoms with van der Waals surface area (Å²) in [4.78, 5) is 15.0. The number of aromatic nitrogens is 2. The number of halogens is 3. The van der Waals surface area contributed by atoms with Crippen LogP contribution in [-0.2, 0) is 6.54 Å². The molecule has 0 atom stereocenters. The molecule has 0 saturated carbocycles. The van der Waals surface area contributed by atoms with Crippen molar-refractivity contribution in [3.8, 4) is 11.4 Å². The Hall–Kier alpha value is -2.97. The lowest BCUT2D eigenvalue weighted by Crippen LogP contribution is -2.39. The predicted octanol–water partition coefficient (Wildman–Crippen LogP) is 4.25. The molecule has 1 aliphatic heterocycles. The quantitative estimate of drug-likeness (QED) is 0.596. The van der Waals surface area contributed by atoms with E-state index in [2.05, 4.69) is 21.4 Å². The number of hydrogen-bond acceptors (Lipinski definition) is 5. The van der Waals surface area contributed by atoms with Crippen molar-refractivity contribution in [3.05, 3.63) is 81.2 Å². The molecule has 168 valence electrons. The fourth-order valence-electron chi connectivity index (χ4n) is 3.84. The molecule has 0 radical (unpaired) electrons. The Bertz CT molecular complexity index is 1160. The zero-order valence-corrected chi connectivity index (χ0v) is 18.3. The summed E-state index contributed by atoms with van der Waals surface area (Å²) < 4.78 is 33.3. The summed E-state index contributed by atoms with van der Waals surface area (Å²) in [7, 11) is 1.66. The van der Waals surface area contributed by atoms with Gasteiger partial charge in [-0.25, -0.2) is 8.78 Å². The first-order chi connectivity index (χ1) is 15.4. The summed E-state index contributed by atoms with van der Waals surface area (Å²) >= 11 is 6.26. The molecule has 0 spiro atoms. The fraction of sp³-hybridized carbons (Fsp3) is 0.304. The van der Waals surface area contributed by atoms with Crippen LogP contribution in [0, 0.1) is 11.6 Å². The molecule has 1 aliphatic rings. The number of rotatable bonds is 6. The van der Waals surface area contributed by atoms with Gasteiger partial charge in [0.25, 0.3) is 5.56 Å². The van der Waals surface area contributed by atoms with Crippen LogP contribution < -0.4 is 15.6 Å². The number of likely N-dealkylation sites (tertiary alicyclic amines) is 1. The highest BCUT2D eigenvalue weighted by atomic mass is 35.5. The first-order valence-electron chi connectivity index (χ1n) is 10.3. The Morgan fingerprint density at radius 2 is 1.97 bits per heavy atom. The van der Waals surface area contributed by atoms with Crippen LogP contribution in [0.25, 0.3) is 5.69 Å². The van der Waals surface area contributed by atoms with Gasteiger partial charge in [0, 0.05) is 31.7 Å². The van der Waals surface area contributed by atoms with Crippen molar-refractivity contribution >= 4 is 17.3 Å². The van der Waals surface area contributed by atoms with E-state index in [9.17, 15) is 13.6 Å². The van der Waals surface area contributed by atoms with Crippen LogP contribution in [0.3, 0.4) is 0 Å². The van der Waals surface area contributed by atoms with E-state index < -0.39 is 17.2 Å². The van der Waals surface area contributed by atoms with Gasteiger partial charge in [0.1, 0.15) is 22.3 Å². The van der Waals surface area contributed by atoms with E-state index in [1.165, 1.54) is 11.8 Å². The largest absolute Gasteiger partial charge is 0.497 e. The standard InChI is InChI=1S/C23H23ClF2N4O2/c1-32-18-4-2-3-15(11-18)14-29-9-7-17(8-10-29)28-20-13-27-30(23(31)22(20)24)21-6-5-16(25)12-19(21)26/h2-6,11-13,17,28H,7-10,14H2,1H3. The van der Waals surface area contributed by atoms with Gasteiger partial charge in [-0.15, -0.1) is 0 Å². The van der Waals surface area contributed by atoms with E-state index in [1.54, 1.807) is 7.11 Å². The third kappa shape index (κ3) is 4.92. The minimum Gasteiger partial charge on any atom is -0.497 e. The number of nitrogens with zero attached hydrogens (tertiary/aromatic N) is 3. The van der Waals surface area contributed by atoms with Crippen molar-refractivity contribution in [1.82, 2.24) is 14.7 Å². The van der Waals surface area contributed by atoms with E-state index in [4.69, 9.17) is 16.3 Å². The molecular weight excluding hydrogens is 438 g/mol. The van der Waals surface area contributed by atoms with E-state index in [0.717, 1.165) is 55.0 Å². The molecule has 1 N–H and O–H groups in total. The molecule has 0 bridgehead atoms. The Labute approximate surface area is 189 Å². The van der Waals surface area contributed by atoms with Crippen LogP contribution in [0.2, 0.25) is 5.02 Å². The average Bonchev–Trinajstić information content (AvgIpc) is 2.79. The lowest BCUT2D eigenvalue weighted by Gasteiger charge is -2.33. The normalized spacial score (nSPS) is 15.0. The number of anilines is 1. The molecule has 2 heterocycles. The molecule has 0 amide bonds. The second-order valence-electron chi connectivity index (χ2n) is 7.73. The van der Waals surface area contributed by atoms with Crippen LogP contribution >= 0.6 is 11.6 Å². The molecule has 3 aromatic rings. The maximum atomic E-state index is 14.0. The summed E-state index contributed by atoms with van der Waals surface area (Å²) in [5.74, 6) is -0.780. The minimum absolute atomic E-state index is 0.0810. The fourth-order valence-corrected chi connectivity index (χ4v) is 4.03. The van der Waals surface area contributed by atoms with E-state index in [1.807, 2.05) is 18.2 Å². The smallest absolute Gasteiger partial charge is 0.292 e. The molecule has 0 aliphatic carbocycles. The first kappa shape index (κ1) is 22.2. The number of hydrogen-bond donors (Lipinski definition) is 1. The van der Waals surface area contributed by atoms with Gasteiger partial charge in [-0.3, -0.25) is 9.69 Å². The van der Waals surface area contributed by atoms with Crippen molar-refractivity contribution in [2.75, 3.05) is 25.5 Å². The van der Waals surface area contributed by atoms with E-state index >= 15 is 0 Å². The Kier molecular flexibility index (Phi) is 6.72. The van der Waals surface area contributed by atoms with Crippen LogP contribution in [0.5, 0.6) is 5.75 Å². The van der Waals surface area contributed by atoms with Gasteiger partial charge < -0.3 is 10.1 Å². The van der Waals surface area contributed by atoms with Crippen molar-refractivity contribution < 1.29 is 13.5 Å². The lowest BCUT2D eigenvalue weighted by atomic mass is 10.0. The Morgan fingerprint density at radius 1 is 1.19 bits per heavy atom. The zero-order chi connectivity index (χ0) is 22.7. The number of methoxy groups -OCH3 is 1. The van der Waals surface area contributed by atoms with Gasteiger partial charge in [0.2, 0.25) is 0 Å². The topological polar surface area (TPSA) is 59.4 Å². The molecular formula is C23H23ClF2N4O2. The monoisotopic (exact) mass is 460 g/mol. The summed E-state index contributed by atoms with van der Waals surface area (Å²) in [6.07, 6.45) is 3.14. The average molecular weight is 461 g/mol. The maximum Gasteiger partial charge on any atom is 0.292 e. The van der Waals surface area contributed by atoms with Gasteiger partial charge in [0.15, 0.2) is 5.82 Å². The Morgan fingerprint density at radius 3 is 2.69 bits per heavy atom. The Balaban J connectivity index is 1.40. The second kappa shape index (κ2) is 9.67. The van der Waals surface area contributed by atoms with Crippen molar-refractivity contribution in [1.29, 1.82) is 0 Å². The highest BCUT2D eigenvalue weighted by Gasteiger charge is 2.21. The van der Waals surface area contributed by atoms with E-state index in [-0.39, 0.29) is 16.8 Å². The lowest BCUT2D eigenvalue weighted by molar-refractivity contribution is 0.211. The van der Waals surface area contributed by atoms with Crippen LogP contribution in [-0.4, -0.2) is 40.9 Å². The maximum absolute atomic E-state index is 14.0. The third-order valence-electron chi connectivity index (χ3n) is 5.54. The molecule has 2 aromatic carbocycles. The number of piperidine rings is 1. The van der Waals surface area contributed by atoms with Gasteiger partial charge in [-0.05, 0) is 42.7 Å². The summed E-state index contributed by atoms with van der Waals surface area (Å²) in [5.41, 5.74) is 0.773. The number of ether oxygens (including phenoxy) is 1. The van der Waals surface area contributed by atoms with Gasteiger partial charge in [0.05, 0.1) is 19.0 Å². The summed E-state index contributed by atoms with van der Waals surface area (Å²) in [5, 5.41) is 7.23. The van der Waals surface area contributed by atoms with Gasteiger partial charge in [-0.1, -0.05) is 23.7 Å². The van der Waals surface area contributed by atoms with Crippen molar-refractivity contribution in [2.45, 2.75) is 25.4 Å². The van der Waals surface area contributed by atoms with Crippen LogP contribution in [0.4, 0.5) is 14.5 Å². The SMILES string of the molecule is COc1cccc(CN2CCC(Nc3cnn(-c4ccc(F)cc4F)c(=O)c3Cl)CC2)c1. The molecule has 6 nitrogen and oxygen atoms in total. The van der Waals surface area contributed by atoms with Crippen LogP contribution in [0.15, 0.2) is 53.5 Å². The van der Waals surface area contributed by atoms with Gasteiger partial charge >= 0.3 is 0 Å². The summed E-state index contributed by atoms with van der Waals surface area (Å²) in [6, 6.07) is 11.1. The molecule has 1 fully saturated rings. The first-order valence-corrected chi connectivity index (χ1v) is 10.7. The van der Waals surface area contributed by atoms with E-state index in [0.29, 0.717) is 11.8 Å². The predicted molar refractivity (Wildman–Crippen MR) is 120 cm³/mol. The summed E-state index contributed by atoms with van der Waals surface area (Å²) in [6.45, 7) is 2.61. The van der Waals surface area contributed by atoms with Crippen molar-refractivity contribution in [3.63, 3.8) is 0 Å². The van der Waals surface area contributed by atoms with Crippen LogP contribution in [0.1, 0.15) is 18.4 Å². The number of nitrogens with one attached hydrogen (secondary N) is 1. The molecule has 1 saturated heterocycles.